The van der Waals surface area contributed by atoms with Gasteiger partial charge in [-0.25, -0.2) is 9.79 Å². The number of carbonyl (C=O) groups is 1. The topological polar surface area (TPSA) is 92.9 Å². The van der Waals surface area contributed by atoms with Crippen LogP contribution in [0.3, 0.4) is 0 Å². The third-order valence-corrected chi connectivity index (χ3v) is 3.90. The summed E-state index contributed by atoms with van der Waals surface area (Å²) in [6.07, 6.45) is 3.59. The van der Waals surface area contributed by atoms with Gasteiger partial charge in [0, 0.05) is 0 Å². The van der Waals surface area contributed by atoms with Gasteiger partial charge in [-0.3, -0.25) is 5.32 Å². The highest BCUT2D eigenvalue weighted by Gasteiger charge is 2.24. The van der Waals surface area contributed by atoms with E-state index in [4.69, 9.17) is 19.5 Å². The van der Waals surface area contributed by atoms with Gasteiger partial charge in [-0.15, -0.1) is 0 Å². The zero-order chi connectivity index (χ0) is 17.8. The fourth-order valence-electron chi connectivity index (χ4n) is 2.21. The molecule has 7 nitrogen and oxygen atoms in total. The molecule has 0 aromatic heterocycles. The van der Waals surface area contributed by atoms with Gasteiger partial charge in [-0.2, -0.15) is 5.26 Å². The first-order valence-corrected chi connectivity index (χ1v) is 8.37. The molecule has 1 heterocycles. The van der Waals surface area contributed by atoms with Gasteiger partial charge < -0.3 is 14.2 Å². The molecule has 1 aliphatic heterocycles. The predicted molar refractivity (Wildman–Crippen MR) is 93.7 cm³/mol. The quantitative estimate of drug-likeness (QED) is 0.246. The van der Waals surface area contributed by atoms with Crippen LogP contribution in [0.2, 0.25) is 0 Å². The van der Waals surface area contributed by atoms with E-state index in [-0.39, 0.29) is 5.56 Å². The Morgan fingerprint density at radius 2 is 1.96 bits per heavy atom. The Hall–Kier alpha value is -3.18. The predicted octanol–water partition coefficient (Wildman–Crippen LogP) is 3.79. The minimum Gasteiger partial charge on any atom is -0.465 e. The van der Waals surface area contributed by atoms with E-state index in [0.29, 0.717) is 33.9 Å². The van der Waals surface area contributed by atoms with E-state index in [0.717, 1.165) is 0 Å². The molecule has 0 unspecified atom stereocenters. The standard InChI is InChI=1S/C17H13N3O4S/c1-22-16(21)10-7-11(20-17(25-2)19-9-18)15-14(8-10)23-12-5-3-4-6-13(12)24-15/h3-8H,1-2H3,(H,19,20). The molecule has 126 valence electrons. The molecule has 0 aliphatic carbocycles. The largest absolute Gasteiger partial charge is 0.465 e. The van der Waals surface area contributed by atoms with Crippen molar-refractivity contribution in [1.82, 2.24) is 5.32 Å². The molecule has 1 N–H and O–H groups in total. The molecule has 2 aromatic carbocycles. The fourth-order valence-corrected chi connectivity index (χ4v) is 2.55. The van der Waals surface area contributed by atoms with Crippen molar-refractivity contribution < 1.29 is 19.0 Å². The summed E-state index contributed by atoms with van der Waals surface area (Å²) in [5.41, 5.74) is 0.611. The molecule has 0 saturated heterocycles. The summed E-state index contributed by atoms with van der Waals surface area (Å²) in [5.74, 6) is 1.25. The minimum absolute atomic E-state index is 0.264. The smallest absolute Gasteiger partial charge is 0.338 e. The summed E-state index contributed by atoms with van der Waals surface area (Å²) in [6.45, 7) is 0. The van der Waals surface area contributed by atoms with Crippen LogP contribution in [0, 0.1) is 11.5 Å². The number of fused-ring (bicyclic) bond motifs is 2. The van der Waals surface area contributed by atoms with Crippen molar-refractivity contribution in [2.24, 2.45) is 4.99 Å². The van der Waals surface area contributed by atoms with Crippen LogP contribution in [-0.4, -0.2) is 24.5 Å². The number of rotatable bonds is 2. The van der Waals surface area contributed by atoms with Gasteiger partial charge in [-0.1, -0.05) is 23.9 Å². The fraction of sp³-hybridized carbons (Fsp3) is 0.118. The molecule has 0 atom stereocenters. The Morgan fingerprint density at radius 3 is 2.60 bits per heavy atom. The van der Waals surface area contributed by atoms with Gasteiger partial charge in [0.15, 0.2) is 34.4 Å². The molecule has 0 spiro atoms. The number of hydrogen-bond acceptors (Lipinski definition) is 7. The van der Waals surface area contributed by atoms with Crippen molar-refractivity contribution in [3.8, 4) is 29.2 Å². The molecule has 0 fully saturated rings. The van der Waals surface area contributed by atoms with Gasteiger partial charge in [-0.05, 0) is 30.5 Å². The number of carbonyl (C=O) groups excluding carboxylic acids is 1. The Bertz CT molecular complexity index is 905. The number of para-hydroxylation sites is 2. The number of benzene rings is 2. The van der Waals surface area contributed by atoms with Crippen LogP contribution in [0.5, 0.6) is 23.0 Å². The lowest BCUT2D eigenvalue weighted by atomic mass is 10.1. The Kier molecular flexibility index (Phi) is 4.77. The van der Waals surface area contributed by atoms with Gasteiger partial charge in [0.25, 0.3) is 0 Å². The van der Waals surface area contributed by atoms with Crippen LogP contribution in [0.25, 0.3) is 0 Å². The van der Waals surface area contributed by atoms with E-state index >= 15 is 0 Å². The number of hydrogen-bond donors (Lipinski definition) is 1. The van der Waals surface area contributed by atoms with E-state index in [1.165, 1.54) is 31.0 Å². The van der Waals surface area contributed by atoms with Crippen LogP contribution < -0.4 is 14.8 Å². The van der Waals surface area contributed by atoms with E-state index < -0.39 is 5.97 Å². The molecule has 1 aliphatic rings. The molecular formula is C17H13N3O4S. The average molecular weight is 355 g/mol. The second kappa shape index (κ2) is 7.15. The van der Waals surface area contributed by atoms with Gasteiger partial charge >= 0.3 is 5.97 Å². The number of ether oxygens (including phenoxy) is 3. The molecule has 0 radical (unpaired) electrons. The molecule has 2 aromatic rings. The lowest BCUT2D eigenvalue weighted by molar-refractivity contribution is 0.0600. The third-order valence-electron chi connectivity index (χ3n) is 3.32. The van der Waals surface area contributed by atoms with E-state index in [9.17, 15) is 4.79 Å². The SMILES string of the molecule is COC(=O)c1cc(N=C(NC#N)SC)c2c(c1)Oc1ccccc1O2. The summed E-state index contributed by atoms with van der Waals surface area (Å²) in [5, 5.41) is 11.6. The van der Waals surface area contributed by atoms with E-state index in [2.05, 4.69) is 10.3 Å². The second-order valence-electron chi connectivity index (χ2n) is 4.82. The minimum atomic E-state index is -0.527. The van der Waals surface area contributed by atoms with E-state index in [1.54, 1.807) is 18.4 Å². The summed E-state index contributed by atoms with van der Waals surface area (Å²) in [7, 11) is 1.29. The van der Waals surface area contributed by atoms with Crippen molar-refractivity contribution >= 4 is 28.6 Å². The van der Waals surface area contributed by atoms with Crippen molar-refractivity contribution in [3.05, 3.63) is 42.0 Å². The average Bonchev–Trinajstić information content (AvgIpc) is 2.65. The van der Waals surface area contributed by atoms with Crippen LogP contribution in [0.15, 0.2) is 41.4 Å². The van der Waals surface area contributed by atoms with Crippen LogP contribution in [0.4, 0.5) is 5.69 Å². The normalized spacial score (nSPS) is 12.0. The summed E-state index contributed by atoms with van der Waals surface area (Å²) < 4.78 is 16.5. The summed E-state index contributed by atoms with van der Waals surface area (Å²) in [6, 6.07) is 10.2. The lowest BCUT2D eigenvalue weighted by Crippen LogP contribution is -2.13. The number of nitrogens with zero attached hydrogens (tertiary/aromatic N) is 2. The number of aliphatic imine (C=N–C) groups is 1. The molecule has 8 heteroatoms. The first kappa shape index (κ1) is 16.7. The van der Waals surface area contributed by atoms with Crippen molar-refractivity contribution in [2.75, 3.05) is 13.4 Å². The highest BCUT2D eigenvalue weighted by Crippen LogP contribution is 2.50. The highest BCUT2D eigenvalue weighted by molar-refractivity contribution is 8.13. The molecule has 0 bridgehead atoms. The monoisotopic (exact) mass is 355 g/mol. The maximum absolute atomic E-state index is 11.9. The Labute approximate surface area is 148 Å². The van der Waals surface area contributed by atoms with Crippen LogP contribution in [-0.2, 0) is 4.74 Å². The third kappa shape index (κ3) is 3.36. The lowest BCUT2D eigenvalue weighted by Gasteiger charge is -2.22. The molecule has 3 rings (SSSR count). The first-order valence-electron chi connectivity index (χ1n) is 7.15. The maximum Gasteiger partial charge on any atom is 0.338 e. The summed E-state index contributed by atoms with van der Waals surface area (Å²) in [4.78, 5) is 16.3. The van der Waals surface area contributed by atoms with Crippen molar-refractivity contribution in [3.63, 3.8) is 0 Å². The molecule has 0 saturated carbocycles. The number of methoxy groups -OCH3 is 1. The highest BCUT2D eigenvalue weighted by atomic mass is 32.2. The number of nitriles is 1. The van der Waals surface area contributed by atoms with Gasteiger partial charge in [0.2, 0.25) is 0 Å². The van der Waals surface area contributed by atoms with Crippen molar-refractivity contribution in [1.29, 1.82) is 5.26 Å². The summed E-state index contributed by atoms with van der Waals surface area (Å²) >= 11 is 1.25. The molecule has 25 heavy (non-hydrogen) atoms. The molecule has 0 amide bonds. The molecular weight excluding hydrogens is 342 g/mol. The van der Waals surface area contributed by atoms with Crippen molar-refractivity contribution in [2.45, 2.75) is 0 Å². The van der Waals surface area contributed by atoms with E-state index in [1.807, 2.05) is 18.3 Å². The van der Waals surface area contributed by atoms with Gasteiger partial charge in [0.05, 0.1) is 12.7 Å². The number of thioether (sulfide) groups is 1. The zero-order valence-electron chi connectivity index (χ0n) is 13.4. The Balaban J connectivity index is 2.14. The van der Waals surface area contributed by atoms with Gasteiger partial charge in [0.1, 0.15) is 5.69 Å². The first-order chi connectivity index (χ1) is 12.2. The number of esters is 1. The number of amidine groups is 1. The van der Waals surface area contributed by atoms with Crippen LogP contribution >= 0.6 is 11.8 Å². The second-order valence-corrected chi connectivity index (χ2v) is 5.62. The Morgan fingerprint density at radius 1 is 1.24 bits per heavy atom. The zero-order valence-corrected chi connectivity index (χ0v) is 14.2. The van der Waals surface area contributed by atoms with Crippen LogP contribution in [0.1, 0.15) is 10.4 Å². The number of nitrogens with one attached hydrogen (secondary N) is 1. The maximum atomic E-state index is 11.9.